The van der Waals surface area contributed by atoms with E-state index in [1.807, 2.05) is 65.4 Å². The molecule has 120 valence electrons. The van der Waals surface area contributed by atoms with Gasteiger partial charge in [-0.25, -0.2) is 4.98 Å². The number of methoxy groups -OCH3 is 1. The van der Waals surface area contributed by atoms with Crippen LogP contribution in [0, 0.1) is 0 Å². The number of aromatic nitrogens is 2. The Morgan fingerprint density at radius 3 is 2.75 bits per heavy atom. The molecule has 2 aromatic carbocycles. The Hall–Kier alpha value is -3.21. The first-order valence-corrected chi connectivity index (χ1v) is 7.68. The zero-order valence-electron chi connectivity index (χ0n) is 13.3. The molecule has 2 heterocycles. The molecular weight excluding hydrogens is 302 g/mol. The van der Waals surface area contributed by atoms with Gasteiger partial charge in [-0.1, -0.05) is 36.4 Å². The number of furan rings is 1. The second-order valence-electron chi connectivity index (χ2n) is 5.57. The van der Waals surface area contributed by atoms with Gasteiger partial charge >= 0.3 is 0 Å². The topological polar surface area (TPSA) is 66.2 Å². The fraction of sp³-hybridized carbons (Fsp3) is 0.105. The van der Waals surface area contributed by atoms with Crippen molar-refractivity contribution in [1.82, 2.24) is 9.55 Å². The van der Waals surface area contributed by atoms with Crippen LogP contribution in [0.4, 0.5) is 5.95 Å². The molecule has 4 aromatic rings. The van der Waals surface area contributed by atoms with Gasteiger partial charge in [-0.3, -0.25) is 0 Å². The third-order valence-electron chi connectivity index (χ3n) is 4.02. The Kier molecular flexibility index (Phi) is 3.46. The fourth-order valence-corrected chi connectivity index (χ4v) is 2.80. The lowest BCUT2D eigenvalue weighted by molar-refractivity contribution is 0.408. The van der Waals surface area contributed by atoms with E-state index in [1.165, 1.54) is 0 Å². The average Bonchev–Trinajstić information content (AvgIpc) is 3.19. The normalized spacial score (nSPS) is 11.0. The molecule has 5 heteroatoms. The highest BCUT2D eigenvalue weighted by atomic mass is 16.5. The molecule has 0 aliphatic rings. The number of para-hydroxylation sites is 2. The molecule has 0 atom stereocenters. The van der Waals surface area contributed by atoms with Gasteiger partial charge in [-0.15, -0.1) is 0 Å². The Morgan fingerprint density at radius 2 is 1.92 bits per heavy atom. The number of nitrogens with zero attached hydrogens (tertiary/aromatic N) is 2. The molecule has 0 unspecified atom stereocenters. The van der Waals surface area contributed by atoms with E-state index < -0.39 is 0 Å². The van der Waals surface area contributed by atoms with Gasteiger partial charge < -0.3 is 19.5 Å². The van der Waals surface area contributed by atoms with Crippen molar-refractivity contribution in [3.05, 3.63) is 66.4 Å². The maximum absolute atomic E-state index is 6.08. The van der Waals surface area contributed by atoms with E-state index in [1.54, 1.807) is 7.11 Å². The molecule has 0 aliphatic heterocycles. The van der Waals surface area contributed by atoms with Gasteiger partial charge in [-0.2, -0.15) is 0 Å². The minimum absolute atomic E-state index is 0.441. The molecule has 0 fully saturated rings. The van der Waals surface area contributed by atoms with Crippen LogP contribution in [0.15, 0.2) is 65.2 Å². The monoisotopic (exact) mass is 319 g/mol. The fourth-order valence-electron chi connectivity index (χ4n) is 2.80. The first-order valence-electron chi connectivity index (χ1n) is 7.68. The number of nitrogens with two attached hydrogens (primary N) is 1. The Labute approximate surface area is 139 Å². The van der Waals surface area contributed by atoms with Gasteiger partial charge in [0.25, 0.3) is 0 Å². The van der Waals surface area contributed by atoms with E-state index in [-0.39, 0.29) is 0 Å². The summed E-state index contributed by atoms with van der Waals surface area (Å²) in [6.07, 6.45) is 1.90. The molecule has 2 N–H and O–H groups in total. The van der Waals surface area contributed by atoms with Crippen LogP contribution in [-0.4, -0.2) is 16.7 Å². The van der Waals surface area contributed by atoms with Crippen LogP contribution in [0.5, 0.6) is 5.75 Å². The lowest BCUT2D eigenvalue weighted by atomic mass is 10.2. The van der Waals surface area contributed by atoms with Crippen LogP contribution >= 0.6 is 0 Å². The van der Waals surface area contributed by atoms with Crippen LogP contribution in [0.25, 0.3) is 22.4 Å². The lowest BCUT2D eigenvalue weighted by Gasteiger charge is -2.09. The van der Waals surface area contributed by atoms with E-state index in [4.69, 9.17) is 14.9 Å². The van der Waals surface area contributed by atoms with Crippen molar-refractivity contribution in [2.45, 2.75) is 6.54 Å². The number of nitrogen functional groups attached to an aromatic ring is 1. The molecular formula is C19H17N3O2. The van der Waals surface area contributed by atoms with Crippen LogP contribution in [-0.2, 0) is 6.54 Å². The molecule has 0 bridgehead atoms. The minimum Gasteiger partial charge on any atom is -0.496 e. The molecule has 2 aromatic heterocycles. The molecule has 0 saturated heterocycles. The van der Waals surface area contributed by atoms with Crippen molar-refractivity contribution >= 4 is 16.9 Å². The summed E-state index contributed by atoms with van der Waals surface area (Å²) in [4.78, 5) is 4.43. The first-order chi connectivity index (χ1) is 11.7. The van der Waals surface area contributed by atoms with E-state index in [9.17, 15) is 0 Å². The van der Waals surface area contributed by atoms with Crippen molar-refractivity contribution < 1.29 is 9.15 Å². The average molecular weight is 319 g/mol. The molecule has 0 saturated carbocycles. The molecule has 5 nitrogen and oxygen atoms in total. The lowest BCUT2D eigenvalue weighted by Crippen LogP contribution is -2.04. The summed E-state index contributed by atoms with van der Waals surface area (Å²) in [7, 11) is 1.66. The van der Waals surface area contributed by atoms with Gasteiger partial charge in [0, 0.05) is 17.1 Å². The highest BCUT2D eigenvalue weighted by Crippen LogP contribution is 2.28. The van der Waals surface area contributed by atoms with E-state index >= 15 is 0 Å². The molecule has 0 spiro atoms. The highest BCUT2D eigenvalue weighted by Gasteiger charge is 2.13. The number of anilines is 1. The Bertz CT molecular complexity index is 968. The van der Waals surface area contributed by atoms with E-state index in [2.05, 4.69) is 4.98 Å². The Balaban J connectivity index is 1.69. The van der Waals surface area contributed by atoms with Gasteiger partial charge in [-0.05, 0) is 18.2 Å². The second-order valence-corrected chi connectivity index (χ2v) is 5.57. The van der Waals surface area contributed by atoms with E-state index in [0.29, 0.717) is 18.3 Å². The van der Waals surface area contributed by atoms with E-state index in [0.717, 1.165) is 28.0 Å². The van der Waals surface area contributed by atoms with Gasteiger partial charge in [0.15, 0.2) is 5.76 Å². The molecule has 24 heavy (non-hydrogen) atoms. The summed E-state index contributed by atoms with van der Waals surface area (Å²) in [5.41, 5.74) is 8.68. The molecule has 0 amide bonds. The third-order valence-corrected chi connectivity index (χ3v) is 4.02. The highest BCUT2D eigenvalue weighted by molar-refractivity contribution is 5.82. The molecule has 0 aliphatic carbocycles. The van der Waals surface area contributed by atoms with Crippen molar-refractivity contribution in [2.75, 3.05) is 12.8 Å². The summed E-state index contributed by atoms with van der Waals surface area (Å²) in [6.45, 7) is 0.586. The zero-order valence-corrected chi connectivity index (χ0v) is 13.3. The standard InChI is InChI=1S/C19H17N3O2/c1-23-16-8-4-3-7-14(16)11-22-12-15(21-19(22)20)18-10-13-6-2-5-9-17(13)24-18/h2-10,12H,11H2,1H3,(H2,20,21). The number of ether oxygens (including phenoxy) is 1. The minimum atomic E-state index is 0.441. The summed E-state index contributed by atoms with van der Waals surface area (Å²) >= 11 is 0. The number of hydrogen-bond acceptors (Lipinski definition) is 4. The number of benzene rings is 2. The van der Waals surface area contributed by atoms with Crippen LogP contribution in [0.1, 0.15) is 5.56 Å². The number of fused-ring (bicyclic) bond motifs is 1. The quantitative estimate of drug-likeness (QED) is 0.619. The number of rotatable bonds is 4. The molecule has 4 rings (SSSR count). The van der Waals surface area contributed by atoms with Gasteiger partial charge in [0.1, 0.15) is 17.0 Å². The predicted molar refractivity (Wildman–Crippen MR) is 93.9 cm³/mol. The largest absolute Gasteiger partial charge is 0.496 e. The summed E-state index contributed by atoms with van der Waals surface area (Å²) in [6, 6.07) is 17.7. The maximum atomic E-state index is 6.08. The van der Waals surface area contributed by atoms with Crippen molar-refractivity contribution in [1.29, 1.82) is 0 Å². The molecule has 0 radical (unpaired) electrons. The second kappa shape index (κ2) is 5.77. The summed E-state index contributed by atoms with van der Waals surface area (Å²) in [5.74, 6) is 1.98. The van der Waals surface area contributed by atoms with Gasteiger partial charge in [0.2, 0.25) is 5.95 Å². The Morgan fingerprint density at radius 1 is 1.12 bits per heavy atom. The summed E-state index contributed by atoms with van der Waals surface area (Å²) < 4.78 is 13.1. The van der Waals surface area contributed by atoms with Crippen molar-refractivity contribution in [3.63, 3.8) is 0 Å². The first kappa shape index (κ1) is 14.4. The van der Waals surface area contributed by atoms with Crippen LogP contribution < -0.4 is 10.5 Å². The van der Waals surface area contributed by atoms with Crippen LogP contribution in [0.3, 0.4) is 0 Å². The predicted octanol–water partition coefficient (Wildman–Crippen LogP) is 3.94. The van der Waals surface area contributed by atoms with Gasteiger partial charge in [0.05, 0.1) is 13.7 Å². The number of hydrogen-bond donors (Lipinski definition) is 1. The SMILES string of the molecule is COc1ccccc1Cn1cc(-c2cc3ccccc3o2)nc1N. The van der Waals surface area contributed by atoms with Crippen molar-refractivity contribution in [3.8, 4) is 17.2 Å². The third kappa shape index (κ3) is 2.50. The smallest absolute Gasteiger partial charge is 0.201 e. The number of imidazole rings is 1. The van der Waals surface area contributed by atoms with Crippen molar-refractivity contribution in [2.24, 2.45) is 0 Å². The summed E-state index contributed by atoms with van der Waals surface area (Å²) in [5, 5.41) is 1.05. The van der Waals surface area contributed by atoms with Crippen LogP contribution in [0.2, 0.25) is 0 Å². The maximum Gasteiger partial charge on any atom is 0.201 e. The zero-order chi connectivity index (χ0) is 16.5.